The number of Topliss-reactive ketones (excluding diaryl/α,β-unsaturated/α-hetero) is 1. The minimum Gasteiger partial charge on any atom is -1.00 e. The van der Waals surface area contributed by atoms with E-state index in [4.69, 9.17) is 27.9 Å². The minimum atomic E-state index is -0.0905. The monoisotopic (exact) mass is 268 g/mol. The Morgan fingerprint density at radius 2 is 1.94 bits per heavy atom. The van der Waals surface area contributed by atoms with Gasteiger partial charge in [0.05, 0.1) is 15.6 Å². The van der Waals surface area contributed by atoms with Gasteiger partial charge in [0, 0.05) is 12.5 Å². The van der Waals surface area contributed by atoms with Crippen molar-refractivity contribution in [1.29, 1.82) is 0 Å². The first-order valence-electron chi connectivity index (χ1n) is 4.27. The number of benzene rings is 1. The molecule has 2 rings (SSSR count). The maximum Gasteiger partial charge on any atom is 3.00 e. The predicted octanol–water partition coefficient (Wildman–Crippen LogP) is 0.420. The SMILES string of the molecule is CC1CC(=O)c2cc(Cl)c(Cl)cc2O1.[Al+3].[H-].[H-].[H-].[H-].[Li+]. The molecule has 0 spiro atoms. The molecule has 0 saturated carbocycles. The zero-order chi connectivity index (χ0) is 10.3. The van der Waals surface area contributed by atoms with Crippen molar-refractivity contribution >= 4 is 46.3 Å². The van der Waals surface area contributed by atoms with E-state index >= 15 is 0 Å². The number of halogens is 2. The molecule has 1 aliphatic rings. The van der Waals surface area contributed by atoms with Gasteiger partial charge in [-0.25, -0.2) is 0 Å². The van der Waals surface area contributed by atoms with Gasteiger partial charge in [0.15, 0.2) is 5.78 Å². The van der Waals surface area contributed by atoms with Crippen molar-refractivity contribution in [2.75, 3.05) is 0 Å². The molecule has 0 aliphatic carbocycles. The molecule has 1 aliphatic heterocycles. The predicted molar refractivity (Wildman–Crippen MR) is 65.7 cm³/mol. The molecule has 1 aromatic carbocycles. The molecule has 0 saturated heterocycles. The number of hydrogen-bond donors (Lipinski definition) is 0. The van der Waals surface area contributed by atoms with E-state index in [9.17, 15) is 4.79 Å². The topological polar surface area (TPSA) is 26.3 Å². The number of ether oxygens (including phenoxy) is 1. The smallest absolute Gasteiger partial charge is 1.00 e. The van der Waals surface area contributed by atoms with Crippen molar-refractivity contribution in [3.8, 4) is 5.75 Å². The Morgan fingerprint density at radius 1 is 1.38 bits per heavy atom. The number of hydrogen-bond acceptors (Lipinski definition) is 2. The molecule has 0 amide bonds. The molecule has 0 aromatic heterocycles. The van der Waals surface area contributed by atoms with Gasteiger partial charge in [0.25, 0.3) is 0 Å². The summed E-state index contributed by atoms with van der Waals surface area (Å²) >= 11 is 11.6. The fourth-order valence-electron chi connectivity index (χ4n) is 1.47. The number of ketones is 1. The van der Waals surface area contributed by atoms with Gasteiger partial charge in [-0.2, -0.15) is 0 Å². The van der Waals surface area contributed by atoms with Crippen LogP contribution in [0.3, 0.4) is 0 Å². The Bertz CT molecular complexity index is 426. The molecule has 2 nitrogen and oxygen atoms in total. The van der Waals surface area contributed by atoms with Gasteiger partial charge in [-0.3, -0.25) is 4.79 Å². The molecule has 1 aromatic rings. The largest absolute Gasteiger partial charge is 3.00 e. The summed E-state index contributed by atoms with van der Waals surface area (Å²) in [6.07, 6.45) is 0.303. The molecule has 0 bridgehead atoms. The molecule has 1 heterocycles. The fraction of sp³-hybridized carbons (Fsp3) is 0.300. The van der Waals surface area contributed by atoms with Crippen molar-refractivity contribution in [3.05, 3.63) is 27.7 Å². The van der Waals surface area contributed by atoms with E-state index in [1.165, 1.54) is 0 Å². The second kappa shape index (κ2) is 6.36. The summed E-state index contributed by atoms with van der Waals surface area (Å²) in [5.74, 6) is 0.584. The summed E-state index contributed by atoms with van der Waals surface area (Å²) < 4.78 is 5.47. The quantitative estimate of drug-likeness (QED) is 0.638. The Kier molecular flexibility index (Phi) is 6.52. The number of carbonyl (C=O) groups is 1. The normalized spacial score (nSPS) is 17.7. The maximum atomic E-state index is 11.6. The van der Waals surface area contributed by atoms with Crippen LogP contribution in [0.4, 0.5) is 0 Å². The average Bonchev–Trinajstić information content (AvgIpc) is 2.08. The van der Waals surface area contributed by atoms with Crippen molar-refractivity contribution in [1.82, 2.24) is 0 Å². The van der Waals surface area contributed by atoms with Crippen LogP contribution in [-0.2, 0) is 0 Å². The first kappa shape index (κ1) is 16.4. The van der Waals surface area contributed by atoms with Crippen LogP contribution in [0.2, 0.25) is 10.0 Å². The van der Waals surface area contributed by atoms with E-state index < -0.39 is 0 Å². The van der Waals surface area contributed by atoms with Crippen molar-refractivity contribution in [2.24, 2.45) is 0 Å². The van der Waals surface area contributed by atoms with E-state index in [0.29, 0.717) is 27.8 Å². The summed E-state index contributed by atoms with van der Waals surface area (Å²) in [5.41, 5.74) is 0.525. The molecule has 0 fully saturated rings. The Balaban J connectivity index is -0.000000125. The Labute approximate surface area is 133 Å². The van der Waals surface area contributed by atoms with E-state index in [1.54, 1.807) is 12.1 Å². The van der Waals surface area contributed by atoms with E-state index in [2.05, 4.69) is 0 Å². The zero-order valence-electron chi connectivity index (χ0n) is 13.1. The van der Waals surface area contributed by atoms with E-state index in [-0.39, 0.29) is 53.8 Å². The van der Waals surface area contributed by atoms with E-state index in [1.807, 2.05) is 6.92 Å². The van der Waals surface area contributed by atoms with Crippen LogP contribution in [0.1, 0.15) is 29.4 Å². The molecule has 0 radical (unpaired) electrons. The van der Waals surface area contributed by atoms with Gasteiger partial charge in [-0.1, -0.05) is 23.2 Å². The summed E-state index contributed by atoms with van der Waals surface area (Å²) in [6.45, 7) is 1.85. The number of rotatable bonds is 0. The third-order valence-electron chi connectivity index (χ3n) is 2.12. The zero-order valence-corrected chi connectivity index (χ0v) is 11.8. The van der Waals surface area contributed by atoms with Crippen LogP contribution in [0.5, 0.6) is 5.75 Å². The van der Waals surface area contributed by atoms with Crippen LogP contribution in [0, 0.1) is 0 Å². The molecule has 0 N–H and O–H groups in total. The molecule has 1 unspecified atom stereocenters. The van der Waals surface area contributed by atoms with Crippen LogP contribution < -0.4 is 23.6 Å². The fourth-order valence-corrected chi connectivity index (χ4v) is 1.79. The van der Waals surface area contributed by atoms with Gasteiger partial charge in [0.2, 0.25) is 0 Å². The Morgan fingerprint density at radius 3 is 2.56 bits per heavy atom. The van der Waals surface area contributed by atoms with Gasteiger partial charge in [-0.15, -0.1) is 0 Å². The Hall–Kier alpha value is 0.400. The molecule has 82 valence electrons. The van der Waals surface area contributed by atoms with Gasteiger partial charge >= 0.3 is 36.2 Å². The minimum absolute atomic E-state index is 0. The second-order valence-corrected chi connectivity index (χ2v) is 4.13. The van der Waals surface area contributed by atoms with Gasteiger partial charge in [0.1, 0.15) is 11.9 Å². The number of carbonyl (C=O) groups excluding carboxylic acids is 1. The first-order chi connectivity index (χ1) is 6.58. The molecular formula is C10H12AlCl2LiO2. The molecule has 1 atom stereocenters. The second-order valence-electron chi connectivity index (χ2n) is 3.32. The maximum absolute atomic E-state index is 11.6. The van der Waals surface area contributed by atoms with Crippen LogP contribution in [-0.4, -0.2) is 29.2 Å². The first-order valence-corrected chi connectivity index (χ1v) is 5.02. The van der Waals surface area contributed by atoms with Crippen molar-refractivity contribution in [2.45, 2.75) is 19.4 Å². The van der Waals surface area contributed by atoms with Crippen LogP contribution >= 0.6 is 23.2 Å². The third-order valence-corrected chi connectivity index (χ3v) is 2.85. The van der Waals surface area contributed by atoms with Gasteiger partial charge in [-0.05, 0) is 13.0 Å². The summed E-state index contributed by atoms with van der Waals surface area (Å²) in [7, 11) is 0. The summed E-state index contributed by atoms with van der Waals surface area (Å²) in [6, 6.07) is 3.15. The van der Waals surface area contributed by atoms with E-state index in [0.717, 1.165) is 0 Å². The van der Waals surface area contributed by atoms with Crippen molar-refractivity contribution < 1.29 is 34.1 Å². The number of fused-ring (bicyclic) bond motifs is 1. The molecule has 16 heavy (non-hydrogen) atoms. The summed E-state index contributed by atoms with van der Waals surface area (Å²) in [5, 5.41) is 0.796. The average molecular weight is 269 g/mol. The standard InChI is InChI=1S/C10H8Cl2O2.Al.Li.4H/c1-5-2-9(13)6-3-7(11)8(12)4-10(6)14-5;;;;;;/h3-5H,2H2,1H3;;;;;;/q;+3;+1;4*-1. The van der Waals surface area contributed by atoms with Crippen LogP contribution in [0.15, 0.2) is 12.1 Å². The van der Waals surface area contributed by atoms with Gasteiger partial charge < -0.3 is 10.4 Å². The molecular weight excluding hydrogens is 257 g/mol. The molecule has 6 heteroatoms. The van der Waals surface area contributed by atoms with Crippen molar-refractivity contribution in [3.63, 3.8) is 0 Å². The van der Waals surface area contributed by atoms with Crippen LogP contribution in [0.25, 0.3) is 0 Å². The third kappa shape index (κ3) is 3.21. The summed E-state index contributed by atoms with van der Waals surface area (Å²) in [4.78, 5) is 11.6.